The van der Waals surface area contributed by atoms with E-state index in [-0.39, 0.29) is 0 Å². The van der Waals surface area contributed by atoms with Gasteiger partial charge in [0, 0.05) is 6.38 Å². The molecule has 0 aromatic carbocycles. The molecule has 0 radical (unpaired) electrons. The minimum atomic E-state index is 1.02. The third-order valence-electron chi connectivity index (χ3n) is 0.348. The number of hydrogen-bond donors (Lipinski definition) is 0. The fourth-order valence-corrected chi connectivity index (χ4v) is 0. The van der Waals surface area contributed by atoms with E-state index in [1.54, 1.807) is 6.08 Å². The molecule has 1 heteroatoms. The molecule has 42 valence electrons. The largest absolute Gasteiger partial charge is 0.130 e. The lowest BCUT2D eigenvalue weighted by Crippen LogP contribution is -1.50. The first-order valence-corrected chi connectivity index (χ1v) is 2.68. The van der Waals surface area contributed by atoms with Crippen molar-refractivity contribution in [2.24, 2.45) is 0 Å². The SMILES string of the molecule is C=CC(=C)C.CCl. The van der Waals surface area contributed by atoms with Crippen LogP contribution in [0.25, 0.3) is 0 Å². The van der Waals surface area contributed by atoms with Crippen LogP contribution in [-0.4, -0.2) is 6.38 Å². The highest BCUT2D eigenvalue weighted by Gasteiger charge is 1.59. The molecular formula is C6H11Cl. The molecule has 0 fully saturated rings. The molecule has 0 saturated carbocycles. The van der Waals surface area contributed by atoms with E-state index in [0.29, 0.717) is 0 Å². The van der Waals surface area contributed by atoms with Gasteiger partial charge in [-0.25, -0.2) is 0 Å². The second kappa shape index (κ2) is 9.24. The van der Waals surface area contributed by atoms with Crippen molar-refractivity contribution in [1.82, 2.24) is 0 Å². The molecule has 0 nitrogen and oxygen atoms in total. The predicted molar refractivity (Wildman–Crippen MR) is 36.8 cm³/mol. The predicted octanol–water partition coefficient (Wildman–Crippen LogP) is 2.60. The topological polar surface area (TPSA) is 0 Å². The van der Waals surface area contributed by atoms with Gasteiger partial charge in [-0.05, 0) is 6.92 Å². The summed E-state index contributed by atoms with van der Waals surface area (Å²) < 4.78 is 0. The van der Waals surface area contributed by atoms with Gasteiger partial charge >= 0.3 is 0 Å². The Hall–Kier alpha value is -0.230. The van der Waals surface area contributed by atoms with Crippen LogP contribution in [-0.2, 0) is 0 Å². The molecule has 0 N–H and O–H groups in total. The lowest BCUT2D eigenvalue weighted by molar-refractivity contribution is 1.58. The summed E-state index contributed by atoms with van der Waals surface area (Å²) in [5.41, 5.74) is 1.02. The highest BCUT2D eigenvalue weighted by molar-refractivity contribution is 6.15. The molecule has 0 rings (SSSR count). The van der Waals surface area contributed by atoms with Crippen LogP contribution in [0.1, 0.15) is 6.92 Å². The Balaban J connectivity index is 0. The number of hydrogen-bond acceptors (Lipinski definition) is 0. The van der Waals surface area contributed by atoms with E-state index in [4.69, 9.17) is 0 Å². The molecule has 0 amide bonds. The molecule has 0 bridgehead atoms. The van der Waals surface area contributed by atoms with Gasteiger partial charge in [-0.2, -0.15) is 0 Å². The Kier molecular flexibility index (Phi) is 13.1. The van der Waals surface area contributed by atoms with Crippen LogP contribution in [0, 0.1) is 0 Å². The van der Waals surface area contributed by atoms with E-state index in [1.807, 2.05) is 6.92 Å². The highest BCUT2D eigenvalue weighted by Crippen LogP contribution is 1.81. The number of halogens is 1. The van der Waals surface area contributed by atoms with Crippen molar-refractivity contribution in [2.45, 2.75) is 6.92 Å². The molecule has 0 aliphatic heterocycles. The average Bonchev–Trinajstić information content (AvgIpc) is 1.73. The van der Waals surface area contributed by atoms with Gasteiger partial charge in [-0.15, -0.1) is 11.6 Å². The van der Waals surface area contributed by atoms with Gasteiger partial charge in [-0.1, -0.05) is 24.8 Å². The standard InChI is InChI=1S/C5H8.CH3Cl/c1-4-5(2)3;1-2/h4H,1-2H2,3H3;1H3. The van der Waals surface area contributed by atoms with Crippen LogP contribution in [0.4, 0.5) is 0 Å². The Morgan fingerprint density at radius 1 is 1.57 bits per heavy atom. The summed E-state index contributed by atoms with van der Waals surface area (Å²) in [6.45, 7) is 8.93. The summed E-state index contributed by atoms with van der Waals surface area (Å²) >= 11 is 4.64. The number of rotatable bonds is 1. The van der Waals surface area contributed by atoms with Crippen LogP contribution in [0.2, 0.25) is 0 Å². The maximum absolute atomic E-state index is 4.64. The summed E-state index contributed by atoms with van der Waals surface area (Å²) in [7, 11) is 0. The Morgan fingerprint density at radius 2 is 1.71 bits per heavy atom. The first kappa shape index (κ1) is 9.91. The van der Waals surface area contributed by atoms with E-state index >= 15 is 0 Å². The smallest absolute Gasteiger partial charge is 0.0108 e. The summed E-state index contributed by atoms with van der Waals surface area (Å²) in [6, 6.07) is 0. The third-order valence-corrected chi connectivity index (χ3v) is 0.348. The van der Waals surface area contributed by atoms with E-state index in [0.717, 1.165) is 5.57 Å². The van der Waals surface area contributed by atoms with Gasteiger partial charge in [0.2, 0.25) is 0 Å². The number of alkyl halides is 1. The molecular weight excluding hydrogens is 108 g/mol. The lowest BCUT2D eigenvalue weighted by atomic mass is 10.4. The zero-order chi connectivity index (χ0) is 6.28. The fraction of sp³-hybridized carbons (Fsp3) is 0.333. The van der Waals surface area contributed by atoms with Gasteiger partial charge in [-0.3, -0.25) is 0 Å². The minimum absolute atomic E-state index is 1.02. The molecule has 0 aliphatic carbocycles. The van der Waals surface area contributed by atoms with Crippen molar-refractivity contribution in [3.05, 3.63) is 24.8 Å². The molecule has 0 atom stereocenters. The van der Waals surface area contributed by atoms with Crippen LogP contribution < -0.4 is 0 Å². The second-order valence-corrected chi connectivity index (χ2v) is 1.05. The maximum atomic E-state index is 4.64. The zero-order valence-electron chi connectivity index (χ0n) is 4.87. The van der Waals surface area contributed by atoms with Crippen LogP contribution in [0.3, 0.4) is 0 Å². The Morgan fingerprint density at radius 3 is 1.71 bits per heavy atom. The first-order chi connectivity index (χ1) is 3.27. The van der Waals surface area contributed by atoms with Gasteiger partial charge in [0.15, 0.2) is 0 Å². The van der Waals surface area contributed by atoms with Crippen molar-refractivity contribution in [1.29, 1.82) is 0 Å². The Labute approximate surface area is 50.5 Å². The van der Waals surface area contributed by atoms with Gasteiger partial charge in [0.25, 0.3) is 0 Å². The van der Waals surface area contributed by atoms with Crippen molar-refractivity contribution >= 4 is 11.6 Å². The molecule has 0 aromatic heterocycles. The fourth-order valence-electron chi connectivity index (χ4n) is 0. The van der Waals surface area contributed by atoms with Crippen LogP contribution in [0.15, 0.2) is 24.8 Å². The summed E-state index contributed by atoms with van der Waals surface area (Å²) in [4.78, 5) is 0. The molecule has 7 heavy (non-hydrogen) atoms. The van der Waals surface area contributed by atoms with Gasteiger partial charge < -0.3 is 0 Å². The van der Waals surface area contributed by atoms with Crippen molar-refractivity contribution in [3.63, 3.8) is 0 Å². The van der Waals surface area contributed by atoms with Crippen molar-refractivity contribution in [2.75, 3.05) is 6.38 Å². The quantitative estimate of drug-likeness (QED) is 0.367. The van der Waals surface area contributed by atoms with E-state index in [2.05, 4.69) is 24.8 Å². The molecule has 0 saturated heterocycles. The molecule has 0 aromatic rings. The van der Waals surface area contributed by atoms with Crippen molar-refractivity contribution in [3.8, 4) is 0 Å². The zero-order valence-corrected chi connectivity index (χ0v) is 5.63. The lowest BCUT2D eigenvalue weighted by Gasteiger charge is -1.71. The summed E-state index contributed by atoms with van der Waals surface area (Å²) in [5.74, 6) is 0. The van der Waals surface area contributed by atoms with Gasteiger partial charge in [0.1, 0.15) is 0 Å². The molecule has 0 aliphatic rings. The molecule has 0 unspecified atom stereocenters. The van der Waals surface area contributed by atoms with Gasteiger partial charge in [0.05, 0.1) is 0 Å². The van der Waals surface area contributed by atoms with E-state index in [1.165, 1.54) is 6.38 Å². The van der Waals surface area contributed by atoms with Crippen LogP contribution >= 0.6 is 11.6 Å². The normalized spacial score (nSPS) is 5.57. The minimum Gasteiger partial charge on any atom is -0.130 e. The Bertz CT molecular complexity index is 55.2. The molecule has 0 spiro atoms. The second-order valence-electron chi connectivity index (χ2n) is 1.05. The first-order valence-electron chi connectivity index (χ1n) is 1.93. The number of allylic oxidation sites excluding steroid dienone is 2. The van der Waals surface area contributed by atoms with Crippen molar-refractivity contribution < 1.29 is 0 Å². The third kappa shape index (κ3) is 26.2. The maximum Gasteiger partial charge on any atom is 0.0108 e. The highest BCUT2D eigenvalue weighted by atomic mass is 35.5. The average molecular weight is 119 g/mol. The molecule has 0 heterocycles. The van der Waals surface area contributed by atoms with Crippen LogP contribution in [0.5, 0.6) is 0 Å². The summed E-state index contributed by atoms with van der Waals surface area (Å²) in [5, 5.41) is 0. The summed E-state index contributed by atoms with van der Waals surface area (Å²) in [6.07, 6.45) is 3.19. The monoisotopic (exact) mass is 118 g/mol. The van der Waals surface area contributed by atoms with E-state index in [9.17, 15) is 0 Å². The van der Waals surface area contributed by atoms with E-state index < -0.39 is 0 Å².